The van der Waals surface area contributed by atoms with Gasteiger partial charge < -0.3 is 20.3 Å². The van der Waals surface area contributed by atoms with Crippen molar-refractivity contribution in [3.05, 3.63) is 30.7 Å². The van der Waals surface area contributed by atoms with Gasteiger partial charge >= 0.3 is 0 Å². The number of β-amino-alcohol motifs (C(OH)–C–C–N with tert-alkyl or cyclic N) is 1. The zero-order valence-corrected chi connectivity index (χ0v) is 17.2. The summed E-state index contributed by atoms with van der Waals surface area (Å²) in [7, 11) is 0. The van der Waals surface area contributed by atoms with Crippen LogP contribution in [0.25, 0.3) is 11.3 Å². The van der Waals surface area contributed by atoms with E-state index in [-0.39, 0.29) is 29.4 Å². The second kappa shape index (κ2) is 7.97. The van der Waals surface area contributed by atoms with Gasteiger partial charge in [-0.15, -0.1) is 0 Å². The topological polar surface area (TPSA) is 107 Å². The Kier molecular flexibility index (Phi) is 5.81. The fourth-order valence-electron chi connectivity index (χ4n) is 3.60. The number of imidazole rings is 1. The van der Waals surface area contributed by atoms with Crippen LogP contribution in [0.3, 0.4) is 0 Å². The predicted octanol–water partition coefficient (Wildman–Crippen LogP) is 1.91. The van der Waals surface area contributed by atoms with E-state index in [0.717, 1.165) is 11.3 Å². The third-order valence-corrected chi connectivity index (χ3v) is 4.96. The standard InChI is InChI=1S/C20H30N6O2/c1-12(2)24-17(20(3,4)5)19(28)26-10-14(27)6-16(26)18-23-9-15(25-18)13-7-21-11-22-8-13/h7-9,11-12,14,16-17,24,27H,6,10H2,1-5H3,(H,23,25)/t14-,16+,17-/m1/s1. The van der Waals surface area contributed by atoms with Gasteiger partial charge in [0.05, 0.1) is 30.1 Å². The Morgan fingerprint density at radius 3 is 2.57 bits per heavy atom. The van der Waals surface area contributed by atoms with Gasteiger partial charge in [-0.2, -0.15) is 0 Å². The van der Waals surface area contributed by atoms with Gasteiger partial charge in [-0.05, 0) is 5.41 Å². The molecule has 2 aromatic heterocycles. The van der Waals surface area contributed by atoms with Crippen LogP contribution in [0.2, 0.25) is 0 Å². The number of aromatic amines is 1. The minimum Gasteiger partial charge on any atom is -0.391 e. The lowest BCUT2D eigenvalue weighted by atomic mass is 9.85. The molecule has 3 atom stereocenters. The first-order valence-corrected chi connectivity index (χ1v) is 9.71. The van der Waals surface area contributed by atoms with E-state index in [4.69, 9.17) is 0 Å². The SMILES string of the molecule is CC(C)N[C@H](C(=O)N1C[C@H](O)C[C@H]1c1ncc(-c2cncnc2)[nH]1)C(C)(C)C. The van der Waals surface area contributed by atoms with E-state index in [1.807, 2.05) is 34.6 Å². The molecule has 1 amide bonds. The molecule has 2 aromatic rings. The van der Waals surface area contributed by atoms with Crippen molar-refractivity contribution in [3.63, 3.8) is 0 Å². The zero-order valence-electron chi connectivity index (χ0n) is 17.2. The number of nitrogens with one attached hydrogen (secondary N) is 2. The maximum atomic E-state index is 13.4. The molecule has 0 unspecified atom stereocenters. The average molecular weight is 387 g/mol. The summed E-state index contributed by atoms with van der Waals surface area (Å²) in [5.41, 5.74) is 1.36. The molecule has 3 heterocycles. The quantitative estimate of drug-likeness (QED) is 0.725. The van der Waals surface area contributed by atoms with Crippen molar-refractivity contribution >= 4 is 5.91 Å². The highest BCUT2D eigenvalue weighted by Crippen LogP contribution is 2.34. The first-order valence-electron chi connectivity index (χ1n) is 9.71. The summed E-state index contributed by atoms with van der Waals surface area (Å²) in [6, 6.07) is -0.468. The van der Waals surface area contributed by atoms with Crippen LogP contribution < -0.4 is 5.32 Å². The Balaban J connectivity index is 1.87. The van der Waals surface area contributed by atoms with Gasteiger partial charge in [-0.3, -0.25) is 4.79 Å². The zero-order chi connectivity index (χ0) is 20.5. The van der Waals surface area contributed by atoms with E-state index in [1.165, 1.54) is 6.33 Å². The molecule has 1 aliphatic rings. The summed E-state index contributed by atoms with van der Waals surface area (Å²) in [6.07, 6.45) is 6.50. The number of hydrogen-bond acceptors (Lipinski definition) is 6. The highest BCUT2D eigenvalue weighted by atomic mass is 16.3. The molecule has 3 rings (SSSR count). The van der Waals surface area contributed by atoms with Gasteiger partial charge in [0.1, 0.15) is 12.2 Å². The summed E-state index contributed by atoms with van der Waals surface area (Å²) in [5, 5.41) is 13.7. The number of H-pyrrole nitrogens is 1. The lowest BCUT2D eigenvalue weighted by Gasteiger charge is -2.36. The molecule has 152 valence electrons. The van der Waals surface area contributed by atoms with Crippen LogP contribution in [-0.4, -0.2) is 60.6 Å². The molecule has 0 aliphatic carbocycles. The van der Waals surface area contributed by atoms with E-state index in [9.17, 15) is 9.90 Å². The second-order valence-electron chi connectivity index (χ2n) is 8.83. The van der Waals surface area contributed by atoms with Crippen LogP contribution in [0.4, 0.5) is 0 Å². The third kappa shape index (κ3) is 4.39. The van der Waals surface area contributed by atoms with E-state index in [2.05, 4.69) is 25.3 Å². The number of amides is 1. The molecular formula is C20H30N6O2. The molecule has 0 saturated carbocycles. The van der Waals surface area contributed by atoms with Crippen molar-refractivity contribution in [1.82, 2.24) is 30.2 Å². The molecule has 0 spiro atoms. The van der Waals surface area contributed by atoms with Crippen LogP contribution in [0.5, 0.6) is 0 Å². The molecule has 1 saturated heterocycles. The lowest BCUT2D eigenvalue weighted by molar-refractivity contribution is -0.137. The second-order valence-corrected chi connectivity index (χ2v) is 8.83. The largest absolute Gasteiger partial charge is 0.391 e. The number of hydrogen-bond donors (Lipinski definition) is 3. The summed E-state index contributed by atoms with van der Waals surface area (Å²) in [4.78, 5) is 31.0. The Morgan fingerprint density at radius 2 is 1.96 bits per heavy atom. The Labute approximate surface area is 165 Å². The fourth-order valence-corrected chi connectivity index (χ4v) is 3.60. The molecule has 0 aromatic carbocycles. The van der Waals surface area contributed by atoms with E-state index < -0.39 is 6.10 Å². The number of rotatable bonds is 5. The van der Waals surface area contributed by atoms with Crippen LogP contribution >= 0.6 is 0 Å². The van der Waals surface area contributed by atoms with E-state index in [1.54, 1.807) is 23.5 Å². The number of likely N-dealkylation sites (tertiary alicyclic amines) is 1. The highest BCUT2D eigenvalue weighted by molar-refractivity contribution is 5.83. The van der Waals surface area contributed by atoms with Crippen LogP contribution in [0, 0.1) is 5.41 Å². The number of nitrogens with zero attached hydrogens (tertiary/aromatic N) is 4. The Morgan fingerprint density at radius 1 is 1.29 bits per heavy atom. The smallest absolute Gasteiger partial charge is 0.240 e. The molecule has 0 radical (unpaired) electrons. The third-order valence-electron chi connectivity index (χ3n) is 4.96. The molecule has 0 bridgehead atoms. The molecule has 8 heteroatoms. The number of aliphatic hydroxyl groups excluding tert-OH is 1. The molecule has 3 N–H and O–H groups in total. The van der Waals surface area contributed by atoms with Crippen LogP contribution in [0.1, 0.15) is 52.9 Å². The summed E-state index contributed by atoms with van der Waals surface area (Å²) in [6.45, 7) is 10.5. The van der Waals surface area contributed by atoms with Crippen LogP contribution in [-0.2, 0) is 4.79 Å². The minimum atomic E-state index is -0.567. The number of carbonyl (C=O) groups is 1. The van der Waals surface area contributed by atoms with Crippen molar-refractivity contribution in [1.29, 1.82) is 0 Å². The number of carbonyl (C=O) groups excluding carboxylic acids is 1. The lowest BCUT2D eigenvalue weighted by Crippen LogP contribution is -2.55. The van der Waals surface area contributed by atoms with Crippen molar-refractivity contribution in [2.45, 2.75) is 65.3 Å². The van der Waals surface area contributed by atoms with Gasteiger partial charge in [0, 0.05) is 37.0 Å². The summed E-state index contributed by atoms with van der Waals surface area (Å²) in [5.74, 6) is 0.657. The molecule has 28 heavy (non-hydrogen) atoms. The Bertz CT molecular complexity index is 799. The molecule has 1 aliphatic heterocycles. The predicted molar refractivity (Wildman–Crippen MR) is 106 cm³/mol. The van der Waals surface area contributed by atoms with E-state index in [0.29, 0.717) is 18.8 Å². The minimum absolute atomic E-state index is 0.0104. The van der Waals surface area contributed by atoms with Crippen molar-refractivity contribution in [2.24, 2.45) is 5.41 Å². The van der Waals surface area contributed by atoms with Gasteiger partial charge in [0.25, 0.3) is 0 Å². The van der Waals surface area contributed by atoms with Gasteiger partial charge in [0.2, 0.25) is 5.91 Å². The maximum absolute atomic E-state index is 13.4. The van der Waals surface area contributed by atoms with E-state index >= 15 is 0 Å². The van der Waals surface area contributed by atoms with Crippen LogP contribution in [0.15, 0.2) is 24.9 Å². The highest BCUT2D eigenvalue weighted by Gasteiger charge is 2.42. The van der Waals surface area contributed by atoms with Crippen molar-refractivity contribution in [2.75, 3.05) is 6.54 Å². The first kappa shape index (κ1) is 20.4. The summed E-state index contributed by atoms with van der Waals surface area (Å²) >= 11 is 0. The van der Waals surface area contributed by atoms with Crippen molar-refractivity contribution in [3.8, 4) is 11.3 Å². The molecule has 8 nitrogen and oxygen atoms in total. The maximum Gasteiger partial charge on any atom is 0.240 e. The monoisotopic (exact) mass is 386 g/mol. The summed E-state index contributed by atoms with van der Waals surface area (Å²) < 4.78 is 0. The van der Waals surface area contributed by atoms with Gasteiger partial charge in [0.15, 0.2) is 0 Å². The number of aromatic nitrogens is 4. The van der Waals surface area contributed by atoms with Gasteiger partial charge in [-0.1, -0.05) is 34.6 Å². The number of aliphatic hydroxyl groups is 1. The van der Waals surface area contributed by atoms with Gasteiger partial charge in [-0.25, -0.2) is 15.0 Å². The fraction of sp³-hybridized carbons (Fsp3) is 0.600. The molecule has 1 fully saturated rings. The normalized spacial score (nSPS) is 21.3. The van der Waals surface area contributed by atoms with Crippen molar-refractivity contribution < 1.29 is 9.90 Å². The average Bonchev–Trinajstić information content (AvgIpc) is 3.25. The first-order chi connectivity index (χ1) is 13.2. The molecular weight excluding hydrogens is 356 g/mol. The Hall–Kier alpha value is -2.32.